The highest BCUT2D eigenvalue weighted by atomic mass is 32.1. The Labute approximate surface area is 75.6 Å². The van der Waals surface area contributed by atoms with Gasteiger partial charge in [0.2, 0.25) is 0 Å². The van der Waals surface area contributed by atoms with Gasteiger partial charge in [-0.3, -0.25) is 0 Å². The van der Waals surface area contributed by atoms with E-state index in [1.54, 1.807) is 6.07 Å². The molecule has 0 aromatic heterocycles. The molecule has 0 spiro atoms. The lowest BCUT2D eigenvalue weighted by Crippen LogP contribution is -2.05. The molecule has 1 aromatic rings. The van der Waals surface area contributed by atoms with Crippen LogP contribution in [-0.2, 0) is 0 Å². The number of fused-ring (bicyclic) bond motifs is 1. The van der Waals surface area contributed by atoms with Gasteiger partial charge in [-0.2, -0.15) is 0 Å². The van der Waals surface area contributed by atoms with Crippen LogP contribution in [0.15, 0.2) is 18.2 Å². The molecule has 1 N–H and O–H groups in total. The van der Waals surface area contributed by atoms with Gasteiger partial charge >= 0.3 is 0 Å². The summed E-state index contributed by atoms with van der Waals surface area (Å²) < 4.78 is 12.8. The first-order chi connectivity index (χ1) is 5.68. The van der Waals surface area contributed by atoms with E-state index in [0.29, 0.717) is 0 Å². The lowest BCUT2D eigenvalue weighted by Gasteiger charge is -2.00. The fourth-order valence-corrected chi connectivity index (χ4v) is 1.62. The first-order valence-electron chi connectivity index (χ1n) is 3.79. The Balaban J connectivity index is 2.55. The summed E-state index contributed by atoms with van der Waals surface area (Å²) in [6.45, 7) is 1.97. The number of anilines is 1. The number of thiocarbonyl (C=S) groups is 1. The highest BCUT2D eigenvalue weighted by molar-refractivity contribution is 7.80. The second-order valence-electron chi connectivity index (χ2n) is 2.94. The minimum Gasteiger partial charge on any atom is -0.349 e. The average Bonchev–Trinajstić information content (AvgIpc) is 2.31. The van der Waals surface area contributed by atoms with E-state index in [1.807, 2.05) is 6.92 Å². The fraction of sp³-hybridized carbons (Fsp3) is 0.222. The Morgan fingerprint density at radius 3 is 3.00 bits per heavy atom. The van der Waals surface area contributed by atoms with Crippen molar-refractivity contribution in [2.75, 3.05) is 5.32 Å². The van der Waals surface area contributed by atoms with Crippen molar-refractivity contribution in [1.29, 1.82) is 0 Å². The van der Waals surface area contributed by atoms with E-state index in [-0.39, 0.29) is 11.7 Å². The Bertz CT molecular complexity index is 348. The molecule has 1 nitrogen and oxygen atoms in total. The molecule has 0 saturated carbocycles. The van der Waals surface area contributed by atoms with Gasteiger partial charge in [0.05, 0.1) is 4.99 Å². The molecule has 0 amide bonds. The Morgan fingerprint density at radius 2 is 2.25 bits per heavy atom. The molecule has 1 unspecified atom stereocenters. The maximum absolute atomic E-state index is 12.8. The normalized spacial score (nSPS) is 20.5. The first kappa shape index (κ1) is 7.68. The zero-order valence-electron chi connectivity index (χ0n) is 6.60. The molecule has 1 aliphatic heterocycles. The van der Waals surface area contributed by atoms with Crippen molar-refractivity contribution in [2.24, 2.45) is 0 Å². The van der Waals surface area contributed by atoms with Crippen LogP contribution in [0.4, 0.5) is 10.1 Å². The summed E-state index contributed by atoms with van der Waals surface area (Å²) in [6, 6.07) is 4.69. The number of hydrogen-bond donors (Lipinski definition) is 1. The fourth-order valence-electron chi connectivity index (χ4n) is 1.39. The zero-order valence-corrected chi connectivity index (χ0v) is 7.41. The maximum Gasteiger partial charge on any atom is 0.123 e. The van der Waals surface area contributed by atoms with Gasteiger partial charge in [-0.1, -0.05) is 19.1 Å². The summed E-state index contributed by atoms with van der Waals surface area (Å²) in [5, 5.41) is 3.04. The number of halogens is 1. The predicted molar refractivity (Wildman–Crippen MR) is 51.0 cm³/mol. The Morgan fingerprint density at radius 1 is 1.50 bits per heavy atom. The largest absolute Gasteiger partial charge is 0.349 e. The highest BCUT2D eigenvalue weighted by Crippen LogP contribution is 2.32. The van der Waals surface area contributed by atoms with Crippen LogP contribution in [0.2, 0.25) is 0 Å². The molecule has 1 atom stereocenters. The molecule has 2 rings (SSSR count). The smallest absolute Gasteiger partial charge is 0.123 e. The molecule has 62 valence electrons. The molecule has 1 aromatic carbocycles. The lowest BCUT2D eigenvalue weighted by molar-refractivity contribution is 0.626. The summed E-state index contributed by atoms with van der Waals surface area (Å²) in [5.41, 5.74) is 1.90. The van der Waals surface area contributed by atoms with Crippen LogP contribution in [0.25, 0.3) is 0 Å². The van der Waals surface area contributed by atoms with Crippen molar-refractivity contribution in [3.63, 3.8) is 0 Å². The molecule has 0 aliphatic carbocycles. The van der Waals surface area contributed by atoms with Gasteiger partial charge in [-0.05, 0) is 23.8 Å². The lowest BCUT2D eigenvalue weighted by atomic mass is 10.0. The van der Waals surface area contributed by atoms with E-state index in [4.69, 9.17) is 12.2 Å². The zero-order chi connectivity index (χ0) is 8.72. The van der Waals surface area contributed by atoms with Crippen molar-refractivity contribution in [3.8, 4) is 0 Å². The van der Waals surface area contributed by atoms with Gasteiger partial charge in [-0.15, -0.1) is 0 Å². The van der Waals surface area contributed by atoms with Crippen LogP contribution in [0.5, 0.6) is 0 Å². The standard InChI is InChI=1S/C9H8FNS/c1-5-7-4-6(10)2-3-8(7)11-9(5)12/h2-5H,1H3,(H,11,12). The van der Waals surface area contributed by atoms with Crippen molar-refractivity contribution in [1.82, 2.24) is 0 Å². The summed E-state index contributed by atoms with van der Waals surface area (Å²) in [5.74, 6) is -0.0576. The molecule has 0 fully saturated rings. The van der Waals surface area contributed by atoms with E-state index in [0.717, 1.165) is 16.2 Å². The van der Waals surface area contributed by atoms with Crippen LogP contribution in [0, 0.1) is 5.82 Å². The van der Waals surface area contributed by atoms with Gasteiger partial charge < -0.3 is 5.32 Å². The number of nitrogens with one attached hydrogen (secondary N) is 1. The van der Waals surface area contributed by atoms with E-state index < -0.39 is 0 Å². The summed E-state index contributed by atoms with van der Waals surface area (Å²) >= 11 is 5.06. The van der Waals surface area contributed by atoms with Crippen molar-refractivity contribution in [2.45, 2.75) is 12.8 Å². The molecular weight excluding hydrogens is 173 g/mol. The second-order valence-corrected chi connectivity index (χ2v) is 3.38. The molecule has 1 heterocycles. The van der Waals surface area contributed by atoms with E-state index in [1.165, 1.54) is 12.1 Å². The van der Waals surface area contributed by atoms with E-state index in [9.17, 15) is 4.39 Å². The highest BCUT2D eigenvalue weighted by Gasteiger charge is 2.22. The Kier molecular flexibility index (Phi) is 1.61. The predicted octanol–water partition coefficient (Wildman–Crippen LogP) is 2.68. The van der Waals surface area contributed by atoms with Gasteiger partial charge in [0, 0.05) is 11.6 Å². The Hall–Kier alpha value is -0.960. The minimum absolute atomic E-state index is 0.144. The topological polar surface area (TPSA) is 12.0 Å². The first-order valence-corrected chi connectivity index (χ1v) is 4.19. The molecule has 12 heavy (non-hydrogen) atoms. The van der Waals surface area contributed by atoms with Crippen LogP contribution >= 0.6 is 12.2 Å². The van der Waals surface area contributed by atoms with Gasteiger partial charge in [0.15, 0.2) is 0 Å². The quantitative estimate of drug-likeness (QED) is 0.617. The van der Waals surface area contributed by atoms with Crippen LogP contribution < -0.4 is 5.32 Å². The second kappa shape index (κ2) is 2.52. The van der Waals surface area contributed by atoms with Gasteiger partial charge in [0.25, 0.3) is 0 Å². The SMILES string of the molecule is CC1C(=S)Nc2ccc(F)cc21. The van der Waals surface area contributed by atoms with E-state index >= 15 is 0 Å². The summed E-state index contributed by atoms with van der Waals surface area (Å²) in [7, 11) is 0. The molecule has 0 saturated heterocycles. The third-order valence-corrected chi connectivity index (χ3v) is 2.59. The van der Waals surface area contributed by atoms with Crippen molar-refractivity contribution < 1.29 is 4.39 Å². The molecule has 3 heteroatoms. The minimum atomic E-state index is -0.202. The van der Waals surface area contributed by atoms with Crippen molar-refractivity contribution in [3.05, 3.63) is 29.6 Å². The van der Waals surface area contributed by atoms with Crippen LogP contribution in [0.3, 0.4) is 0 Å². The number of benzene rings is 1. The van der Waals surface area contributed by atoms with E-state index in [2.05, 4.69) is 5.32 Å². The third-order valence-electron chi connectivity index (χ3n) is 2.13. The van der Waals surface area contributed by atoms with Gasteiger partial charge in [-0.25, -0.2) is 4.39 Å². The number of rotatable bonds is 0. The summed E-state index contributed by atoms with van der Waals surface area (Å²) in [6.07, 6.45) is 0. The molecular formula is C9H8FNS. The summed E-state index contributed by atoms with van der Waals surface area (Å²) in [4.78, 5) is 0.774. The molecule has 0 radical (unpaired) electrons. The average molecular weight is 181 g/mol. The molecule has 0 bridgehead atoms. The van der Waals surface area contributed by atoms with Gasteiger partial charge in [0.1, 0.15) is 5.82 Å². The third kappa shape index (κ3) is 1.01. The maximum atomic E-state index is 12.8. The van der Waals surface area contributed by atoms with Crippen LogP contribution in [-0.4, -0.2) is 4.99 Å². The van der Waals surface area contributed by atoms with Crippen molar-refractivity contribution >= 4 is 22.9 Å². The molecule has 1 aliphatic rings. The monoisotopic (exact) mass is 181 g/mol. The number of hydrogen-bond acceptors (Lipinski definition) is 1. The van der Waals surface area contributed by atoms with Crippen LogP contribution in [0.1, 0.15) is 18.4 Å².